The minimum atomic E-state index is -0.451. The number of rotatable bonds is 3. The average molecular weight is 223 g/mol. The van der Waals surface area contributed by atoms with Crippen LogP contribution in [0.3, 0.4) is 0 Å². The molecule has 1 N–H and O–H groups in total. The lowest BCUT2D eigenvalue weighted by Crippen LogP contribution is -2.06. The Morgan fingerprint density at radius 3 is 3.13 bits per heavy atom. The third-order valence-corrected chi connectivity index (χ3v) is 2.49. The van der Waals surface area contributed by atoms with Crippen molar-refractivity contribution in [3.8, 4) is 11.3 Å². The second kappa shape index (κ2) is 4.22. The topological polar surface area (TPSA) is 67.9 Å². The molecule has 0 spiro atoms. The second-order valence-electron chi connectivity index (χ2n) is 2.75. The summed E-state index contributed by atoms with van der Waals surface area (Å²) in [5.74, 6) is -0.451. The van der Waals surface area contributed by atoms with Gasteiger partial charge in [-0.05, 0) is 18.4 Å². The molecule has 0 aromatic carbocycles. The van der Waals surface area contributed by atoms with E-state index in [1.165, 1.54) is 11.3 Å². The molecule has 0 fully saturated rings. The molecule has 2 heterocycles. The number of thiophene rings is 1. The zero-order valence-corrected chi connectivity index (χ0v) is 8.87. The zero-order chi connectivity index (χ0) is 10.7. The van der Waals surface area contributed by atoms with Crippen LogP contribution in [0.5, 0.6) is 0 Å². The molecule has 2 aromatic rings. The van der Waals surface area contributed by atoms with Crippen LogP contribution < -0.4 is 0 Å². The molecular weight excluding hydrogens is 214 g/mol. The first-order valence-electron chi connectivity index (χ1n) is 4.43. The van der Waals surface area contributed by atoms with Crippen LogP contribution >= 0.6 is 11.3 Å². The minimum absolute atomic E-state index is 0.232. The molecule has 0 bridgehead atoms. The van der Waals surface area contributed by atoms with Crippen molar-refractivity contribution in [1.29, 1.82) is 0 Å². The number of nitrogens with one attached hydrogen (secondary N) is 1. The predicted octanol–water partition coefficient (Wildman–Crippen LogP) is 1.71. The van der Waals surface area contributed by atoms with Gasteiger partial charge in [-0.1, -0.05) is 0 Å². The Morgan fingerprint density at radius 1 is 1.60 bits per heavy atom. The highest BCUT2D eigenvalue weighted by molar-refractivity contribution is 7.08. The van der Waals surface area contributed by atoms with Gasteiger partial charge < -0.3 is 4.74 Å². The lowest BCUT2D eigenvalue weighted by molar-refractivity contribution is 0.0520. The standard InChI is InChI=1S/C9H9N3O2S/c1-2-14-9(13)8-7(10-12-11-8)6-3-4-15-5-6/h3-5H,2H2,1H3,(H,10,11,12). The average Bonchev–Trinajstić information content (AvgIpc) is 2.88. The van der Waals surface area contributed by atoms with E-state index in [4.69, 9.17) is 4.74 Å². The van der Waals surface area contributed by atoms with E-state index in [2.05, 4.69) is 15.4 Å². The number of carbonyl (C=O) groups is 1. The minimum Gasteiger partial charge on any atom is -0.461 e. The predicted molar refractivity (Wildman–Crippen MR) is 55.7 cm³/mol. The van der Waals surface area contributed by atoms with Crippen LogP contribution in [-0.4, -0.2) is 28.0 Å². The van der Waals surface area contributed by atoms with Crippen LogP contribution in [0, 0.1) is 0 Å². The Hall–Kier alpha value is -1.69. The number of nitrogens with zero attached hydrogens (tertiary/aromatic N) is 2. The first-order valence-corrected chi connectivity index (χ1v) is 5.37. The van der Waals surface area contributed by atoms with Crippen LogP contribution in [-0.2, 0) is 4.74 Å². The van der Waals surface area contributed by atoms with Gasteiger partial charge in [-0.2, -0.15) is 21.6 Å². The fraction of sp³-hybridized carbons (Fsp3) is 0.222. The van der Waals surface area contributed by atoms with Crippen LogP contribution in [0.15, 0.2) is 16.8 Å². The van der Waals surface area contributed by atoms with Crippen molar-refractivity contribution in [2.75, 3.05) is 6.61 Å². The van der Waals surface area contributed by atoms with E-state index in [-0.39, 0.29) is 5.69 Å². The van der Waals surface area contributed by atoms with Gasteiger partial charge in [-0.3, -0.25) is 0 Å². The van der Waals surface area contributed by atoms with E-state index in [0.717, 1.165) is 5.56 Å². The van der Waals surface area contributed by atoms with E-state index in [1.54, 1.807) is 6.92 Å². The fourth-order valence-electron chi connectivity index (χ4n) is 1.17. The van der Waals surface area contributed by atoms with Crippen molar-refractivity contribution in [3.63, 3.8) is 0 Å². The van der Waals surface area contributed by atoms with Gasteiger partial charge in [-0.25, -0.2) is 4.79 Å². The van der Waals surface area contributed by atoms with Crippen molar-refractivity contribution in [3.05, 3.63) is 22.5 Å². The highest BCUT2D eigenvalue weighted by Crippen LogP contribution is 2.22. The molecule has 6 heteroatoms. The second-order valence-corrected chi connectivity index (χ2v) is 3.53. The summed E-state index contributed by atoms with van der Waals surface area (Å²) in [5, 5.41) is 14.0. The Kier molecular flexibility index (Phi) is 2.77. The molecule has 2 rings (SSSR count). The Morgan fingerprint density at radius 2 is 2.47 bits per heavy atom. The zero-order valence-electron chi connectivity index (χ0n) is 8.06. The highest BCUT2D eigenvalue weighted by atomic mass is 32.1. The van der Waals surface area contributed by atoms with Crippen molar-refractivity contribution in [2.45, 2.75) is 6.92 Å². The molecule has 0 saturated heterocycles. The van der Waals surface area contributed by atoms with Crippen LogP contribution in [0.2, 0.25) is 0 Å². The van der Waals surface area contributed by atoms with Gasteiger partial charge in [0.1, 0.15) is 5.69 Å². The monoisotopic (exact) mass is 223 g/mol. The summed E-state index contributed by atoms with van der Waals surface area (Å²) < 4.78 is 4.87. The maximum atomic E-state index is 11.5. The molecule has 0 aliphatic rings. The summed E-state index contributed by atoms with van der Waals surface area (Å²) in [7, 11) is 0. The summed E-state index contributed by atoms with van der Waals surface area (Å²) in [5.41, 5.74) is 1.64. The van der Waals surface area contributed by atoms with E-state index < -0.39 is 5.97 Å². The maximum Gasteiger partial charge on any atom is 0.361 e. The van der Waals surface area contributed by atoms with Crippen molar-refractivity contribution < 1.29 is 9.53 Å². The number of carbonyl (C=O) groups excluding carboxylic acids is 1. The summed E-state index contributed by atoms with van der Waals surface area (Å²) in [6.45, 7) is 2.08. The molecule has 0 aliphatic heterocycles. The molecule has 2 aromatic heterocycles. The molecule has 0 saturated carbocycles. The normalized spacial score (nSPS) is 10.2. The smallest absolute Gasteiger partial charge is 0.361 e. The first-order chi connectivity index (χ1) is 7.33. The molecule has 15 heavy (non-hydrogen) atoms. The van der Waals surface area contributed by atoms with Crippen LogP contribution in [0.25, 0.3) is 11.3 Å². The molecule has 0 unspecified atom stereocenters. The molecule has 0 atom stereocenters. The van der Waals surface area contributed by atoms with Crippen LogP contribution in [0.4, 0.5) is 0 Å². The molecule has 0 radical (unpaired) electrons. The maximum absolute atomic E-state index is 11.5. The number of aromatic nitrogens is 3. The molecule has 0 aliphatic carbocycles. The summed E-state index contributed by atoms with van der Waals surface area (Å²) in [4.78, 5) is 11.5. The summed E-state index contributed by atoms with van der Waals surface area (Å²) in [6.07, 6.45) is 0. The summed E-state index contributed by atoms with van der Waals surface area (Å²) >= 11 is 1.54. The number of H-pyrrole nitrogens is 1. The van der Waals surface area contributed by atoms with Crippen molar-refractivity contribution in [1.82, 2.24) is 15.4 Å². The van der Waals surface area contributed by atoms with Crippen molar-refractivity contribution >= 4 is 17.3 Å². The quantitative estimate of drug-likeness (QED) is 0.804. The highest BCUT2D eigenvalue weighted by Gasteiger charge is 2.18. The van der Waals surface area contributed by atoms with Gasteiger partial charge in [0.05, 0.1) is 6.61 Å². The lowest BCUT2D eigenvalue weighted by Gasteiger charge is -1.98. The third kappa shape index (κ3) is 1.89. The van der Waals surface area contributed by atoms with Crippen molar-refractivity contribution in [2.24, 2.45) is 0 Å². The van der Waals surface area contributed by atoms with Gasteiger partial charge in [0.15, 0.2) is 5.69 Å². The van der Waals surface area contributed by atoms with E-state index in [0.29, 0.717) is 12.3 Å². The Labute approximate surface area is 90.1 Å². The molecule has 5 nitrogen and oxygen atoms in total. The summed E-state index contributed by atoms with van der Waals surface area (Å²) in [6, 6.07) is 1.88. The number of esters is 1. The molecular formula is C9H9N3O2S. The van der Waals surface area contributed by atoms with Gasteiger partial charge in [0.25, 0.3) is 0 Å². The third-order valence-electron chi connectivity index (χ3n) is 1.81. The molecule has 0 amide bonds. The van der Waals surface area contributed by atoms with E-state index >= 15 is 0 Å². The van der Waals surface area contributed by atoms with Gasteiger partial charge in [0, 0.05) is 10.9 Å². The van der Waals surface area contributed by atoms with E-state index in [1.807, 2.05) is 16.8 Å². The first kappa shape index (κ1) is 9.85. The SMILES string of the molecule is CCOC(=O)c1n[nH]nc1-c1ccsc1. The number of hydrogen-bond acceptors (Lipinski definition) is 5. The lowest BCUT2D eigenvalue weighted by atomic mass is 10.2. The van der Waals surface area contributed by atoms with Gasteiger partial charge >= 0.3 is 5.97 Å². The number of ether oxygens (including phenoxy) is 1. The Bertz CT molecular complexity index is 450. The van der Waals surface area contributed by atoms with E-state index in [9.17, 15) is 4.79 Å². The van der Waals surface area contributed by atoms with Gasteiger partial charge in [-0.15, -0.1) is 5.10 Å². The number of aromatic amines is 1. The Balaban J connectivity index is 2.34. The van der Waals surface area contributed by atoms with Gasteiger partial charge in [0.2, 0.25) is 0 Å². The number of hydrogen-bond donors (Lipinski definition) is 1. The largest absolute Gasteiger partial charge is 0.461 e. The van der Waals surface area contributed by atoms with Crippen LogP contribution in [0.1, 0.15) is 17.4 Å². The molecule has 78 valence electrons. The fourth-order valence-corrected chi connectivity index (χ4v) is 1.81.